The fourth-order valence-corrected chi connectivity index (χ4v) is 1.30. The summed E-state index contributed by atoms with van der Waals surface area (Å²) in [6.45, 7) is 1.10. The number of rotatable bonds is 4. The summed E-state index contributed by atoms with van der Waals surface area (Å²) in [4.78, 5) is 3.42. The second kappa shape index (κ2) is 5.11. The third kappa shape index (κ3) is 2.24. The minimum absolute atomic E-state index is 0.0945. The van der Waals surface area contributed by atoms with Gasteiger partial charge < -0.3 is 10.0 Å². The number of anilines is 1. The zero-order chi connectivity index (χ0) is 12.3. The van der Waals surface area contributed by atoms with E-state index in [4.69, 9.17) is 5.11 Å². The molecule has 1 aromatic rings. The first-order chi connectivity index (χ1) is 7.52. The summed E-state index contributed by atoms with van der Waals surface area (Å²) in [5.41, 5.74) is -0.846. The Labute approximate surface area is 89.3 Å². The molecule has 0 aliphatic heterocycles. The van der Waals surface area contributed by atoms with Crippen LogP contribution in [0.1, 0.15) is 6.92 Å². The Kier molecular flexibility index (Phi) is 4.05. The van der Waals surface area contributed by atoms with Crippen LogP contribution in [-0.2, 0) is 0 Å². The number of aliphatic hydroxyl groups is 1. The van der Waals surface area contributed by atoms with Crippen LogP contribution in [-0.4, -0.2) is 29.8 Å². The normalized spacial score (nSPS) is 10.6. The summed E-state index contributed by atoms with van der Waals surface area (Å²) in [5, 5.41) is 8.66. The van der Waals surface area contributed by atoms with Gasteiger partial charge in [-0.2, -0.15) is 22.5 Å². The van der Waals surface area contributed by atoms with Gasteiger partial charge >= 0.3 is 0 Å². The van der Waals surface area contributed by atoms with Gasteiger partial charge in [0.15, 0.2) is 0 Å². The number of aromatic nitrogens is 1. The largest absolute Gasteiger partial charge is 0.395 e. The van der Waals surface area contributed by atoms with Gasteiger partial charge in [-0.05, 0) is 6.92 Å². The van der Waals surface area contributed by atoms with E-state index in [0.29, 0.717) is 0 Å². The number of aliphatic hydroxyl groups excluding tert-OH is 1. The Morgan fingerprint density at radius 2 is 1.62 bits per heavy atom. The van der Waals surface area contributed by atoms with E-state index in [1.54, 1.807) is 0 Å². The Hall–Kier alpha value is -1.37. The minimum Gasteiger partial charge on any atom is -0.395 e. The average molecular weight is 238 g/mol. The zero-order valence-corrected chi connectivity index (χ0v) is 8.47. The van der Waals surface area contributed by atoms with Crippen molar-refractivity contribution >= 4 is 5.69 Å². The summed E-state index contributed by atoms with van der Waals surface area (Å²) in [7, 11) is 0. The van der Waals surface area contributed by atoms with Gasteiger partial charge in [0.2, 0.25) is 11.6 Å². The van der Waals surface area contributed by atoms with Crippen LogP contribution in [0.3, 0.4) is 0 Å². The zero-order valence-electron chi connectivity index (χ0n) is 8.47. The average Bonchev–Trinajstić information content (AvgIpc) is 2.25. The highest BCUT2D eigenvalue weighted by molar-refractivity contribution is 5.48. The molecule has 0 radical (unpaired) electrons. The molecule has 3 nitrogen and oxygen atoms in total. The van der Waals surface area contributed by atoms with Gasteiger partial charge in [-0.3, -0.25) is 0 Å². The lowest BCUT2D eigenvalue weighted by atomic mass is 10.3. The topological polar surface area (TPSA) is 36.4 Å². The molecule has 1 N–H and O–H groups in total. The SMILES string of the molecule is CCN(CCO)c1c(F)c(F)nc(F)c1F. The van der Waals surface area contributed by atoms with E-state index < -0.39 is 35.8 Å². The van der Waals surface area contributed by atoms with Gasteiger partial charge in [0.1, 0.15) is 5.69 Å². The Bertz CT molecular complexity index is 360. The highest BCUT2D eigenvalue weighted by Gasteiger charge is 2.24. The van der Waals surface area contributed by atoms with Crippen LogP contribution in [0.5, 0.6) is 0 Å². The standard InChI is InChI=1S/C9H10F4N2O/c1-2-15(3-4-16)7-5(10)8(12)14-9(13)6(7)11/h16H,2-4H2,1H3. The molecule has 0 fully saturated rings. The summed E-state index contributed by atoms with van der Waals surface area (Å²) < 4.78 is 52.0. The molecule has 16 heavy (non-hydrogen) atoms. The van der Waals surface area contributed by atoms with Crippen LogP contribution in [0, 0.1) is 23.5 Å². The molecule has 90 valence electrons. The van der Waals surface area contributed by atoms with E-state index in [2.05, 4.69) is 4.98 Å². The van der Waals surface area contributed by atoms with E-state index in [1.807, 2.05) is 0 Å². The molecule has 0 saturated heterocycles. The maximum atomic E-state index is 13.2. The predicted octanol–water partition coefficient (Wildman–Crippen LogP) is 1.46. The van der Waals surface area contributed by atoms with Crippen molar-refractivity contribution in [1.82, 2.24) is 4.98 Å². The quantitative estimate of drug-likeness (QED) is 0.637. The van der Waals surface area contributed by atoms with E-state index >= 15 is 0 Å². The van der Waals surface area contributed by atoms with Crippen molar-refractivity contribution in [3.63, 3.8) is 0 Å². The van der Waals surface area contributed by atoms with E-state index in [-0.39, 0.29) is 13.1 Å². The van der Waals surface area contributed by atoms with Crippen LogP contribution < -0.4 is 4.90 Å². The molecule has 0 spiro atoms. The molecule has 7 heteroatoms. The number of pyridine rings is 1. The second-order valence-electron chi connectivity index (χ2n) is 2.97. The Balaban J connectivity index is 3.29. The van der Waals surface area contributed by atoms with Crippen LogP contribution in [0.4, 0.5) is 23.2 Å². The predicted molar refractivity (Wildman–Crippen MR) is 49.0 cm³/mol. The number of hydrogen-bond acceptors (Lipinski definition) is 3. The van der Waals surface area contributed by atoms with E-state index in [0.717, 1.165) is 4.90 Å². The molecule has 0 amide bonds. The molecular weight excluding hydrogens is 228 g/mol. The first-order valence-corrected chi connectivity index (χ1v) is 4.58. The molecule has 0 unspecified atom stereocenters. The van der Waals surface area contributed by atoms with Crippen molar-refractivity contribution in [3.8, 4) is 0 Å². The van der Waals surface area contributed by atoms with Gasteiger partial charge in [-0.15, -0.1) is 0 Å². The first-order valence-electron chi connectivity index (χ1n) is 4.58. The van der Waals surface area contributed by atoms with Crippen molar-refractivity contribution in [2.24, 2.45) is 0 Å². The lowest BCUT2D eigenvalue weighted by Crippen LogP contribution is -2.29. The highest BCUT2D eigenvalue weighted by Crippen LogP contribution is 2.25. The first kappa shape index (κ1) is 12.7. The van der Waals surface area contributed by atoms with Crippen molar-refractivity contribution in [2.75, 3.05) is 24.6 Å². The summed E-state index contributed by atoms with van der Waals surface area (Å²) in [6.07, 6.45) is 0. The molecular formula is C9H10F4N2O. The van der Waals surface area contributed by atoms with E-state index in [1.165, 1.54) is 6.92 Å². The Morgan fingerprint density at radius 3 is 2.00 bits per heavy atom. The smallest absolute Gasteiger partial charge is 0.253 e. The summed E-state index contributed by atoms with van der Waals surface area (Å²) in [5.74, 6) is -6.53. The van der Waals surface area contributed by atoms with Crippen molar-refractivity contribution < 1.29 is 22.7 Å². The van der Waals surface area contributed by atoms with Gasteiger partial charge in [-0.1, -0.05) is 0 Å². The lowest BCUT2D eigenvalue weighted by molar-refractivity contribution is 0.300. The molecule has 0 bridgehead atoms. The maximum Gasteiger partial charge on any atom is 0.253 e. The third-order valence-corrected chi connectivity index (χ3v) is 2.04. The summed E-state index contributed by atoms with van der Waals surface area (Å²) in [6, 6.07) is 0. The number of nitrogens with zero attached hydrogens (tertiary/aromatic N) is 2. The van der Waals surface area contributed by atoms with Crippen LogP contribution in [0.2, 0.25) is 0 Å². The van der Waals surface area contributed by atoms with E-state index in [9.17, 15) is 17.6 Å². The molecule has 1 rings (SSSR count). The fraction of sp³-hybridized carbons (Fsp3) is 0.444. The van der Waals surface area contributed by atoms with Crippen molar-refractivity contribution in [3.05, 3.63) is 23.5 Å². The van der Waals surface area contributed by atoms with Crippen LogP contribution in [0.25, 0.3) is 0 Å². The third-order valence-electron chi connectivity index (χ3n) is 2.04. The molecule has 0 aliphatic carbocycles. The lowest BCUT2D eigenvalue weighted by Gasteiger charge is -2.22. The number of halogens is 4. The second-order valence-corrected chi connectivity index (χ2v) is 2.97. The summed E-state index contributed by atoms with van der Waals surface area (Å²) >= 11 is 0. The van der Waals surface area contributed by atoms with Gasteiger partial charge in [-0.25, -0.2) is 0 Å². The molecule has 1 aromatic heterocycles. The molecule has 0 aliphatic rings. The van der Waals surface area contributed by atoms with Gasteiger partial charge in [0.25, 0.3) is 11.9 Å². The molecule has 1 heterocycles. The monoisotopic (exact) mass is 238 g/mol. The highest BCUT2D eigenvalue weighted by atomic mass is 19.2. The molecule has 0 aromatic carbocycles. The number of hydrogen-bond donors (Lipinski definition) is 1. The number of likely N-dealkylation sites (N-methyl/N-ethyl adjacent to an activating group) is 1. The van der Waals surface area contributed by atoms with Crippen LogP contribution >= 0.6 is 0 Å². The van der Waals surface area contributed by atoms with Crippen molar-refractivity contribution in [1.29, 1.82) is 0 Å². The van der Waals surface area contributed by atoms with Crippen molar-refractivity contribution in [2.45, 2.75) is 6.92 Å². The van der Waals surface area contributed by atoms with Gasteiger partial charge in [0, 0.05) is 13.1 Å². The minimum atomic E-state index is -1.70. The fourth-order valence-electron chi connectivity index (χ4n) is 1.30. The van der Waals surface area contributed by atoms with Crippen LogP contribution in [0.15, 0.2) is 0 Å². The van der Waals surface area contributed by atoms with Gasteiger partial charge in [0.05, 0.1) is 6.61 Å². The molecule has 0 saturated carbocycles. The maximum absolute atomic E-state index is 13.2. The molecule has 0 atom stereocenters. The Morgan fingerprint density at radius 1 is 1.12 bits per heavy atom.